The highest BCUT2D eigenvalue weighted by Gasteiger charge is 2.11. The number of carbonyl (C=O) groups is 1. The van der Waals surface area contributed by atoms with Gasteiger partial charge in [0.25, 0.3) is 0 Å². The third kappa shape index (κ3) is 1.99. The van der Waals surface area contributed by atoms with Gasteiger partial charge in [-0.3, -0.25) is 0 Å². The van der Waals surface area contributed by atoms with Crippen LogP contribution in [0.3, 0.4) is 0 Å². The van der Waals surface area contributed by atoms with Gasteiger partial charge in [-0.2, -0.15) is 0 Å². The fourth-order valence-electron chi connectivity index (χ4n) is 1.26. The highest BCUT2D eigenvalue weighted by molar-refractivity contribution is 9.10. The summed E-state index contributed by atoms with van der Waals surface area (Å²) in [6.45, 7) is 0. The molecule has 16 heavy (non-hydrogen) atoms. The first-order chi connectivity index (χ1) is 7.58. The molecule has 1 heterocycles. The van der Waals surface area contributed by atoms with Crippen LogP contribution in [-0.4, -0.2) is 11.1 Å². The van der Waals surface area contributed by atoms with Crippen LogP contribution in [0, 0.1) is 5.82 Å². The molecule has 0 fully saturated rings. The van der Waals surface area contributed by atoms with E-state index < -0.39 is 5.97 Å². The fraction of sp³-hybridized carbons (Fsp3) is 0. The molecule has 2 aromatic rings. The number of carboxylic acids is 1. The molecule has 0 spiro atoms. The van der Waals surface area contributed by atoms with Gasteiger partial charge in [0.15, 0.2) is 0 Å². The molecule has 1 N–H and O–H groups in total. The second-order valence-electron chi connectivity index (χ2n) is 3.10. The number of halogens is 2. The van der Waals surface area contributed by atoms with E-state index in [0.717, 1.165) is 0 Å². The van der Waals surface area contributed by atoms with Gasteiger partial charge in [0.2, 0.25) is 5.76 Å². The Hall–Kier alpha value is -1.62. The Morgan fingerprint density at radius 3 is 2.62 bits per heavy atom. The van der Waals surface area contributed by atoms with Crippen molar-refractivity contribution in [3.63, 3.8) is 0 Å². The minimum atomic E-state index is -1.13. The number of carboxylic acid groups (broad SMARTS) is 1. The summed E-state index contributed by atoms with van der Waals surface area (Å²) in [7, 11) is 0. The summed E-state index contributed by atoms with van der Waals surface area (Å²) in [6.07, 6.45) is 0. The smallest absolute Gasteiger partial charge is 0.371 e. The summed E-state index contributed by atoms with van der Waals surface area (Å²) in [5.41, 5.74) is 0.612. The van der Waals surface area contributed by atoms with E-state index in [1.165, 1.54) is 30.3 Å². The lowest BCUT2D eigenvalue weighted by atomic mass is 10.2. The standard InChI is InChI=1S/C11H6BrFO3/c12-7-5-6(1-2-8(7)13)9-3-4-10(16-9)11(14)15/h1-5H,(H,14,15). The van der Waals surface area contributed by atoms with Crippen LogP contribution >= 0.6 is 15.9 Å². The van der Waals surface area contributed by atoms with Crippen LogP contribution in [0.15, 0.2) is 39.2 Å². The Balaban J connectivity index is 2.42. The molecule has 0 aliphatic heterocycles. The molecule has 5 heteroatoms. The summed E-state index contributed by atoms with van der Waals surface area (Å²) in [5.74, 6) is -1.27. The van der Waals surface area contributed by atoms with Crippen LogP contribution < -0.4 is 0 Å². The zero-order valence-corrected chi connectivity index (χ0v) is 9.49. The lowest BCUT2D eigenvalue weighted by Crippen LogP contribution is -1.91. The van der Waals surface area contributed by atoms with Crippen molar-refractivity contribution in [2.45, 2.75) is 0 Å². The minimum Gasteiger partial charge on any atom is -0.475 e. The molecule has 82 valence electrons. The van der Waals surface area contributed by atoms with Crippen molar-refractivity contribution in [2.24, 2.45) is 0 Å². The average molecular weight is 285 g/mol. The van der Waals surface area contributed by atoms with Crippen LogP contribution in [0.4, 0.5) is 4.39 Å². The largest absolute Gasteiger partial charge is 0.475 e. The Labute approximate surface area is 98.6 Å². The van der Waals surface area contributed by atoms with E-state index in [-0.39, 0.29) is 11.6 Å². The molecule has 0 aliphatic carbocycles. The maximum Gasteiger partial charge on any atom is 0.371 e. The zero-order valence-electron chi connectivity index (χ0n) is 7.91. The third-order valence-corrected chi connectivity index (χ3v) is 2.63. The average Bonchev–Trinajstić information content (AvgIpc) is 2.71. The predicted octanol–water partition coefficient (Wildman–Crippen LogP) is 3.55. The first-order valence-electron chi connectivity index (χ1n) is 4.36. The first kappa shape index (κ1) is 10.9. The first-order valence-corrected chi connectivity index (χ1v) is 5.16. The lowest BCUT2D eigenvalue weighted by molar-refractivity contribution is 0.0663. The predicted molar refractivity (Wildman–Crippen MR) is 58.8 cm³/mol. The second kappa shape index (κ2) is 4.09. The molecule has 0 amide bonds. The van der Waals surface area contributed by atoms with Gasteiger partial charge in [-0.1, -0.05) is 0 Å². The Bertz CT molecular complexity index is 548. The topological polar surface area (TPSA) is 50.4 Å². The Morgan fingerprint density at radius 2 is 2.06 bits per heavy atom. The van der Waals surface area contributed by atoms with Crippen molar-refractivity contribution in [3.8, 4) is 11.3 Å². The van der Waals surface area contributed by atoms with Crippen LogP contribution in [0.1, 0.15) is 10.6 Å². The number of hydrogen-bond acceptors (Lipinski definition) is 2. The van der Waals surface area contributed by atoms with Crippen LogP contribution in [0.25, 0.3) is 11.3 Å². The molecule has 0 atom stereocenters. The van der Waals surface area contributed by atoms with E-state index in [0.29, 0.717) is 15.8 Å². The van der Waals surface area contributed by atoms with E-state index in [9.17, 15) is 9.18 Å². The molecule has 0 saturated heterocycles. The summed E-state index contributed by atoms with van der Waals surface area (Å²) >= 11 is 3.05. The zero-order chi connectivity index (χ0) is 11.7. The van der Waals surface area contributed by atoms with Crippen LogP contribution in [0.2, 0.25) is 0 Å². The number of hydrogen-bond donors (Lipinski definition) is 1. The van der Waals surface area contributed by atoms with E-state index in [1.807, 2.05) is 0 Å². The van der Waals surface area contributed by atoms with Crippen LogP contribution in [0.5, 0.6) is 0 Å². The van der Waals surface area contributed by atoms with E-state index in [4.69, 9.17) is 9.52 Å². The summed E-state index contributed by atoms with van der Waals surface area (Å²) in [6, 6.07) is 7.21. The molecular weight excluding hydrogens is 279 g/mol. The van der Waals surface area contributed by atoms with Crippen molar-refractivity contribution in [1.29, 1.82) is 0 Å². The van der Waals surface area contributed by atoms with Crippen molar-refractivity contribution < 1.29 is 18.7 Å². The summed E-state index contributed by atoms with van der Waals surface area (Å²) in [4.78, 5) is 10.6. The van der Waals surface area contributed by atoms with Gasteiger partial charge in [-0.05, 0) is 46.3 Å². The molecule has 0 saturated carbocycles. The van der Waals surface area contributed by atoms with Gasteiger partial charge in [-0.25, -0.2) is 9.18 Å². The molecule has 0 radical (unpaired) electrons. The number of rotatable bonds is 2. The summed E-state index contributed by atoms with van der Waals surface area (Å²) in [5, 5.41) is 8.68. The van der Waals surface area contributed by atoms with Gasteiger partial charge in [0, 0.05) is 5.56 Å². The molecule has 0 aliphatic rings. The monoisotopic (exact) mass is 284 g/mol. The second-order valence-corrected chi connectivity index (χ2v) is 3.95. The molecule has 1 aromatic heterocycles. The maximum absolute atomic E-state index is 13.0. The normalized spacial score (nSPS) is 10.4. The van der Waals surface area contributed by atoms with Gasteiger partial charge in [0.05, 0.1) is 4.47 Å². The summed E-state index contributed by atoms with van der Waals surface area (Å²) < 4.78 is 18.4. The Morgan fingerprint density at radius 1 is 1.31 bits per heavy atom. The highest BCUT2D eigenvalue weighted by atomic mass is 79.9. The van der Waals surface area contributed by atoms with Crippen LogP contribution in [-0.2, 0) is 0 Å². The van der Waals surface area contributed by atoms with Crippen molar-refractivity contribution in [2.75, 3.05) is 0 Å². The fourth-order valence-corrected chi connectivity index (χ4v) is 1.64. The van der Waals surface area contributed by atoms with E-state index in [2.05, 4.69) is 15.9 Å². The number of benzene rings is 1. The maximum atomic E-state index is 13.0. The molecule has 3 nitrogen and oxygen atoms in total. The molecule has 0 bridgehead atoms. The molecular formula is C11H6BrFO3. The quantitative estimate of drug-likeness (QED) is 0.918. The van der Waals surface area contributed by atoms with Crippen molar-refractivity contribution >= 4 is 21.9 Å². The molecule has 0 unspecified atom stereocenters. The van der Waals surface area contributed by atoms with Crippen molar-refractivity contribution in [3.05, 3.63) is 46.4 Å². The minimum absolute atomic E-state index is 0.143. The Kier molecular flexibility index (Phi) is 2.78. The third-order valence-electron chi connectivity index (χ3n) is 2.02. The highest BCUT2D eigenvalue weighted by Crippen LogP contribution is 2.26. The number of furan rings is 1. The van der Waals surface area contributed by atoms with E-state index in [1.54, 1.807) is 0 Å². The molecule has 2 rings (SSSR count). The molecule has 1 aromatic carbocycles. The van der Waals surface area contributed by atoms with Crippen molar-refractivity contribution in [1.82, 2.24) is 0 Å². The van der Waals surface area contributed by atoms with Gasteiger partial charge >= 0.3 is 5.97 Å². The van der Waals surface area contributed by atoms with Gasteiger partial charge in [-0.15, -0.1) is 0 Å². The van der Waals surface area contributed by atoms with Gasteiger partial charge in [0.1, 0.15) is 11.6 Å². The number of aromatic carboxylic acids is 1. The van der Waals surface area contributed by atoms with E-state index >= 15 is 0 Å². The lowest BCUT2D eigenvalue weighted by Gasteiger charge is -1.98. The van der Waals surface area contributed by atoms with Gasteiger partial charge < -0.3 is 9.52 Å². The SMILES string of the molecule is O=C(O)c1ccc(-c2ccc(F)c(Br)c2)o1.